The number of hydrogen-bond acceptors (Lipinski definition) is 3. The average Bonchev–Trinajstić information content (AvgIpc) is 2.19. The summed E-state index contributed by atoms with van der Waals surface area (Å²) in [6.45, 7) is 0. The number of non-ortho nitro benzene ring substituents is 1. The van der Waals surface area contributed by atoms with Crippen molar-refractivity contribution in [2.75, 3.05) is 5.32 Å². The van der Waals surface area contributed by atoms with Gasteiger partial charge in [0.15, 0.2) is 5.82 Å². The summed E-state index contributed by atoms with van der Waals surface area (Å²) in [5, 5.41) is 11.5. The van der Waals surface area contributed by atoms with Crippen LogP contribution in [0.5, 0.6) is 0 Å². The highest BCUT2D eigenvalue weighted by Gasteiger charge is 2.39. The van der Waals surface area contributed by atoms with Crippen molar-refractivity contribution in [1.82, 2.24) is 0 Å². The van der Waals surface area contributed by atoms with Gasteiger partial charge in [0.1, 0.15) is 0 Å². The minimum Gasteiger partial charge on any atom is -0.316 e. The van der Waals surface area contributed by atoms with Crippen molar-refractivity contribution in [3.05, 3.63) is 34.1 Å². The SMILES string of the molecule is O=C(Nc1ccc([N+](=O)[O-])cc1F)C(F)(F)F. The molecule has 0 aliphatic carbocycles. The van der Waals surface area contributed by atoms with Crippen LogP contribution in [0.3, 0.4) is 0 Å². The van der Waals surface area contributed by atoms with E-state index in [2.05, 4.69) is 0 Å². The van der Waals surface area contributed by atoms with Crippen LogP contribution in [0.4, 0.5) is 28.9 Å². The number of rotatable bonds is 2. The van der Waals surface area contributed by atoms with Crippen LogP contribution in [0.1, 0.15) is 0 Å². The Bertz CT molecular complexity index is 472. The fourth-order valence-electron chi connectivity index (χ4n) is 0.912. The zero-order valence-electron chi connectivity index (χ0n) is 7.92. The molecule has 0 aliphatic rings. The molecule has 0 saturated carbocycles. The van der Waals surface area contributed by atoms with Crippen LogP contribution in [0.15, 0.2) is 18.2 Å². The number of nitro groups is 1. The molecule has 1 rings (SSSR count). The first-order valence-corrected chi connectivity index (χ1v) is 4.04. The molecule has 0 saturated heterocycles. The van der Waals surface area contributed by atoms with Gasteiger partial charge in [0, 0.05) is 6.07 Å². The summed E-state index contributed by atoms with van der Waals surface area (Å²) < 4.78 is 48.6. The maximum Gasteiger partial charge on any atom is 0.471 e. The van der Waals surface area contributed by atoms with E-state index >= 15 is 0 Å². The Hall–Kier alpha value is -2.19. The summed E-state index contributed by atoms with van der Waals surface area (Å²) in [6, 6.07) is 1.86. The molecule has 1 aromatic carbocycles. The van der Waals surface area contributed by atoms with Crippen molar-refractivity contribution < 1.29 is 27.3 Å². The van der Waals surface area contributed by atoms with E-state index in [1.807, 2.05) is 0 Å². The highest BCUT2D eigenvalue weighted by molar-refractivity contribution is 5.95. The molecule has 17 heavy (non-hydrogen) atoms. The second kappa shape index (κ2) is 4.36. The third kappa shape index (κ3) is 3.13. The van der Waals surface area contributed by atoms with Crippen molar-refractivity contribution in [2.24, 2.45) is 0 Å². The molecule has 0 radical (unpaired) electrons. The van der Waals surface area contributed by atoms with Crippen LogP contribution >= 0.6 is 0 Å². The maximum atomic E-state index is 13.1. The Morgan fingerprint density at radius 3 is 2.35 bits per heavy atom. The first kappa shape index (κ1) is 12.9. The third-order valence-corrected chi connectivity index (χ3v) is 1.67. The lowest BCUT2D eigenvalue weighted by Crippen LogP contribution is -2.30. The summed E-state index contributed by atoms with van der Waals surface area (Å²) in [6.07, 6.45) is -5.16. The number of carbonyl (C=O) groups excluding carboxylic acids is 1. The number of anilines is 1. The highest BCUT2D eigenvalue weighted by Crippen LogP contribution is 2.23. The van der Waals surface area contributed by atoms with Crippen LogP contribution < -0.4 is 5.32 Å². The van der Waals surface area contributed by atoms with Gasteiger partial charge in [-0.15, -0.1) is 0 Å². The number of carbonyl (C=O) groups is 1. The number of benzene rings is 1. The molecule has 92 valence electrons. The molecule has 5 nitrogen and oxygen atoms in total. The molecular formula is C8H4F4N2O3. The third-order valence-electron chi connectivity index (χ3n) is 1.67. The number of nitro benzene ring substituents is 1. The molecule has 0 spiro atoms. The predicted molar refractivity (Wildman–Crippen MR) is 47.7 cm³/mol. The Morgan fingerprint density at radius 2 is 1.94 bits per heavy atom. The Labute approximate surface area is 91.2 Å². The van der Waals surface area contributed by atoms with Gasteiger partial charge in [0.05, 0.1) is 16.7 Å². The molecule has 0 heterocycles. The normalized spacial score (nSPS) is 11.1. The van der Waals surface area contributed by atoms with E-state index in [0.717, 1.165) is 6.07 Å². The Kier molecular flexibility index (Phi) is 3.30. The predicted octanol–water partition coefficient (Wildman–Crippen LogP) is 2.23. The molecule has 1 aromatic rings. The Balaban J connectivity index is 2.95. The minimum absolute atomic E-state index is 0.409. The fourth-order valence-corrected chi connectivity index (χ4v) is 0.912. The van der Waals surface area contributed by atoms with Crippen LogP contribution in [-0.2, 0) is 4.79 Å². The van der Waals surface area contributed by atoms with Crippen LogP contribution in [0.2, 0.25) is 0 Å². The first-order valence-electron chi connectivity index (χ1n) is 4.04. The van der Waals surface area contributed by atoms with Crippen LogP contribution in [0.25, 0.3) is 0 Å². The van der Waals surface area contributed by atoms with E-state index < -0.39 is 34.2 Å². The largest absolute Gasteiger partial charge is 0.471 e. The van der Waals surface area contributed by atoms with E-state index in [1.54, 1.807) is 0 Å². The van der Waals surface area contributed by atoms with Gasteiger partial charge in [-0.1, -0.05) is 0 Å². The molecule has 9 heteroatoms. The number of nitrogens with one attached hydrogen (secondary N) is 1. The number of hydrogen-bond donors (Lipinski definition) is 1. The molecular weight excluding hydrogens is 248 g/mol. The Morgan fingerprint density at radius 1 is 1.35 bits per heavy atom. The van der Waals surface area contributed by atoms with Gasteiger partial charge < -0.3 is 5.32 Å². The molecule has 0 unspecified atom stereocenters. The lowest BCUT2D eigenvalue weighted by Gasteiger charge is -2.08. The van der Waals surface area contributed by atoms with E-state index in [1.165, 1.54) is 5.32 Å². The van der Waals surface area contributed by atoms with Gasteiger partial charge in [-0.05, 0) is 6.07 Å². The van der Waals surface area contributed by atoms with Crippen molar-refractivity contribution in [3.8, 4) is 0 Å². The lowest BCUT2D eigenvalue weighted by molar-refractivity contribution is -0.385. The van der Waals surface area contributed by atoms with Gasteiger partial charge in [0.2, 0.25) is 0 Å². The van der Waals surface area contributed by atoms with E-state index in [0.29, 0.717) is 12.1 Å². The van der Waals surface area contributed by atoms with Crippen LogP contribution in [-0.4, -0.2) is 17.0 Å². The van der Waals surface area contributed by atoms with Gasteiger partial charge in [-0.3, -0.25) is 14.9 Å². The molecule has 0 atom stereocenters. The van der Waals surface area contributed by atoms with Crippen molar-refractivity contribution >= 4 is 17.3 Å². The first-order chi connectivity index (χ1) is 7.71. The fraction of sp³-hybridized carbons (Fsp3) is 0.125. The van der Waals surface area contributed by atoms with Crippen molar-refractivity contribution in [3.63, 3.8) is 0 Å². The average molecular weight is 252 g/mol. The number of alkyl halides is 3. The zero-order valence-corrected chi connectivity index (χ0v) is 7.92. The van der Waals surface area contributed by atoms with Gasteiger partial charge in [-0.2, -0.15) is 13.2 Å². The monoisotopic (exact) mass is 252 g/mol. The molecule has 0 fully saturated rings. The smallest absolute Gasteiger partial charge is 0.316 e. The summed E-state index contributed by atoms with van der Waals surface area (Å²) in [5.41, 5.74) is -1.41. The molecule has 1 amide bonds. The summed E-state index contributed by atoms with van der Waals surface area (Å²) in [4.78, 5) is 19.8. The van der Waals surface area contributed by atoms with Crippen molar-refractivity contribution in [2.45, 2.75) is 6.18 Å². The summed E-state index contributed by atoms with van der Waals surface area (Å²) >= 11 is 0. The van der Waals surface area contributed by atoms with Gasteiger partial charge >= 0.3 is 12.1 Å². The number of halogens is 4. The molecule has 0 aliphatic heterocycles. The molecule has 0 aromatic heterocycles. The summed E-state index contributed by atoms with van der Waals surface area (Å²) in [5.74, 6) is -3.68. The van der Waals surface area contributed by atoms with E-state index in [4.69, 9.17) is 0 Å². The highest BCUT2D eigenvalue weighted by atomic mass is 19.4. The van der Waals surface area contributed by atoms with Gasteiger partial charge in [-0.25, -0.2) is 4.39 Å². The van der Waals surface area contributed by atoms with Crippen LogP contribution in [0, 0.1) is 15.9 Å². The zero-order chi connectivity index (χ0) is 13.2. The quantitative estimate of drug-likeness (QED) is 0.498. The second-order valence-electron chi connectivity index (χ2n) is 2.87. The topological polar surface area (TPSA) is 72.2 Å². The van der Waals surface area contributed by atoms with Crippen molar-refractivity contribution in [1.29, 1.82) is 0 Å². The number of amides is 1. The summed E-state index contributed by atoms with van der Waals surface area (Å²) in [7, 11) is 0. The number of nitrogens with zero attached hydrogens (tertiary/aromatic N) is 1. The second-order valence-corrected chi connectivity index (χ2v) is 2.87. The van der Waals surface area contributed by atoms with E-state index in [9.17, 15) is 32.5 Å². The van der Waals surface area contributed by atoms with Gasteiger partial charge in [0.25, 0.3) is 5.69 Å². The standard InChI is InChI=1S/C8H4F4N2O3/c9-5-3-4(14(16)17)1-2-6(5)13-7(15)8(10,11)12/h1-3H,(H,13,15). The minimum atomic E-state index is -5.16. The maximum absolute atomic E-state index is 13.1. The van der Waals surface area contributed by atoms with E-state index in [-0.39, 0.29) is 0 Å². The molecule has 0 bridgehead atoms. The molecule has 1 N–H and O–H groups in total. The lowest BCUT2D eigenvalue weighted by atomic mass is 10.2.